The van der Waals surface area contributed by atoms with Crippen LogP contribution in [0.1, 0.15) is 38.8 Å². The Bertz CT molecular complexity index is 346. The summed E-state index contributed by atoms with van der Waals surface area (Å²) >= 11 is 0. The van der Waals surface area contributed by atoms with Gasteiger partial charge in [-0.25, -0.2) is 0 Å². The fourth-order valence-electron chi connectivity index (χ4n) is 1.88. The first kappa shape index (κ1) is 14.0. The number of likely N-dealkylation sites (N-methyl/N-ethyl adjacent to an activating group) is 1. The summed E-state index contributed by atoms with van der Waals surface area (Å²) in [5.74, 6) is 0.729. The van der Waals surface area contributed by atoms with Crippen molar-refractivity contribution in [1.82, 2.24) is 5.32 Å². The second-order valence-electron chi connectivity index (χ2n) is 5.11. The Morgan fingerprint density at radius 2 is 1.88 bits per heavy atom. The van der Waals surface area contributed by atoms with Crippen LogP contribution in [-0.2, 0) is 6.42 Å². The average molecular weight is 231 g/mol. The third-order valence-electron chi connectivity index (χ3n) is 2.69. The van der Waals surface area contributed by atoms with Gasteiger partial charge in [0.1, 0.15) is 0 Å². The van der Waals surface area contributed by atoms with Gasteiger partial charge in [0.2, 0.25) is 0 Å². The van der Waals surface area contributed by atoms with Crippen LogP contribution in [0.15, 0.2) is 29.8 Å². The second-order valence-corrected chi connectivity index (χ2v) is 5.11. The minimum atomic E-state index is 0.729. The molecule has 0 amide bonds. The van der Waals surface area contributed by atoms with Crippen LogP contribution in [0.25, 0.3) is 6.08 Å². The van der Waals surface area contributed by atoms with Gasteiger partial charge in [0, 0.05) is 6.54 Å². The van der Waals surface area contributed by atoms with E-state index < -0.39 is 0 Å². The molecule has 0 spiro atoms. The minimum absolute atomic E-state index is 0.729. The van der Waals surface area contributed by atoms with Crippen molar-refractivity contribution in [2.45, 2.75) is 34.1 Å². The number of hydrogen-bond donors (Lipinski definition) is 1. The van der Waals surface area contributed by atoms with E-state index in [1.165, 1.54) is 23.1 Å². The van der Waals surface area contributed by atoms with Gasteiger partial charge in [0.05, 0.1) is 0 Å². The summed E-state index contributed by atoms with van der Waals surface area (Å²) in [6.45, 7) is 10.8. The summed E-state index contributed by atoms with van der Waals surface area (Å²) in [5.41, 5.74) is 4.11. The molecule has 0 fully saturated rings. The topological polar surface area (TPSA) is 12.0 Å². The zero-order valence-corrected chi connectivity index (χ0v) is 11.6. The number of nitrogens with one attached hydrogen (secondary N) is 1. The van der Waals surface area contributed by atoms with Gasteiger partial charge in [-0.15, -0.1) is 0 Å². The smallest absolute Gasteiger partial charge is 0.0165 e. The van der Waals surface area contributed by atoms with E-state index in [-0.39, 0.29) is 0 Å². The van der Waals surface area contributed by atoms with Crippen molar-refractivity contribution >= 4 is 6.08 Å². The molecule has 0 aliphatic heterocycles. The molecule has 1 N–H and O–H groups in total. The Labute approximate surface area is 106 Å². The molecular formula is C16H25N. The maximum Gasteiger partial charge on any atom is 0.0165 e. The average Bonchev–Trinajstić information content (AvgIpc) is 2.28. The summed E-state index contributed by atoms with van der Waals surface area (Å²) in [6.07, 6.45) is 3.42. The monoisotopic (exact) mass is 231 g/mol. The standard InChI is InChI=1S/C16H25N/c1-5-17-12-14(4)11-16-8-6-15(7-9-16)10-13(2)3/h6-9,11,13,17H,5,10,12H2,1-4H3. The van der Waals surface area contributed by atoms with Gasteiger partial charge < -0.3 is 5.32 Å². The van der Waals surface area contributed by atoms with Crippen molar-refractivity contribution in [3.63, 3.8) is 0 Å². The summed E-state index contributed by atoms with van der Waals surface area (Å²) in [6, 6.07) is 8.92. The predicted molar refractivity (Wildman–Crippen MR) is 77.2 cm³/mol. The highest BCUT2D eigenvalue weighted by molar-refractivity contribution is 5.53. The van der Waals surface area contributed by atoms with E-state index in [1.54, 1.807) is 0 Å². The van der Waals surface area contributed by atoms with Gasteiger partial charge in [0.15, 0.2) is 0 Å². The highest BCUT2D eigenvalue weighted by Crippen LogP contribution is 2.12. The van der Waals surface area contributed by atoms with Crippen LogP contribution in [0.2, 0.25) is 0 Å². The molecule has 1 aromatic carbocycles. The maximum atomic E-state index is 3.34. The molecule has 0 saturated carbocycles. The predicted octanol–water partition coefficient (Wildman–Crippen LogP) is 3.90. The summed E-state index contributed by atoms with van der Waals surface area (Å²) < 4.78 is 0. The van der Waals surface area contributed by atoms with Crippen LogP contribution >= 0.6 is 0 Å². The molecule has 1 aromatic rings. The molecule has 94 valence electrons. The molecule has 0 unspecified atom stereocenters. The van der Waals surface area contributed by atoms with E-state index in [9.17, 15) is 0 Å². The third-order valence-corrected chi connectivity index (χ3v) is 2.69. The zero-order chi connectivity index (χ0) is 12.7. The van der Waals surface area contributed by atoms with Crippen LogP contribution in [0.5, 0.6) is 0 Å². The first-order valence-corrected chi connectivity index (χ1v) is 6.58. The van der Waals surface area contributed by atoms with Crippen molar-refractivity contribution < 1.29 is 0 Å². The highest BCUT2D eigenvalue weighted by atomic mass is 14.8. The van der Waals surface area contributed by atoms with Gasteiger partial charge >= 0.3 is 0 Å². The lowest BCUT2D eigenvalue weighted by Gasteiger charge is -2.06. The molecule has 17 heavy (non-hydrogen) atoms. The van der Waals surface area contributed by atoms with Crippen molar-refractivity contribution in [3.05, 3.63) is 41.0 Å². The molecule has 0 atom stereocenters. The molecule has 0 aliphatic carbocycles. The van der Waals surface area contributed by atoms with E-state index in [0.29, 0.717) is 0 Å². The Kier molecular flexibility index (Phi) is 5.99. The zero-order valence-electron chi connectivity index (χ0n) is 11.6. The lowest BCUT2D eigenvalue weighted by molar-refractivity contribution is 0.647. The Morgan fingerprint density at radius 3 is 2.41 bits per heavy atom. The minimum Gasteiger partial charge on any atom is -0.313 e. The second kappa shape index (κ2) is 7.29. The summed E-state index contributed by atoms with van der Waals surface area (Å²) in [7, 11) is 0. The molecule has 0 aromatic heterocycles. The van der Waals surface area contributed by atoms with Gasteiger partial charge in [-0.05, 0) is 36.9 Å². The molecule has 0 heterocycles. The Balaban J connectivity index is 2.61. The van der Waals surface area contributed by atoms with E-state index >= 15 is 0 Å². The fourth-order valence-corrected chi connectivity index (χ4v) is 1.88. The molecule has 1 rings (SSSR count). The Hall–Kier alpha value is -1.08. The molecule has 0 saturated heterocycles. The summed E-state index contributed by atoms with van der Waals surface area (Å²) in [4.78, 5) is 0. The third kappa shape index (κ3) is 5.69. The number of benzene rings is 1. The molecule has 0 aliphatic rings. The lowest BCUT2D eigenvalue weighted by Crippen LogP contribution is -2.14. The van der Waals surface area contributed by atoms with Crippen molar-refractivity contribution in [3.8, 4) is 0 Å². The van der Waals surface area contributed by atoms with Crippen LogP contribution in [0.4, 0.5) is 0 Å². The van der Waals surface area contributed by atoms with Gasteiger partial charge in [-0.2, -0.15) is 0 Å². The summed E-state index contributed by atoms with van der Waals surface area (Å²) in [5, 5.41) is 3.34. The molecule has 0 radical (unpaired) electrons. The van der Waals surface area contributed by atoms with Crippen LogP contribution < -0.4 is 5.32 Å². The maximum absolute atomic E-state index is 3.34. The fraction of sp³-hybridized carbons (Fsp3) is 0.500. The first-order valence-electron chi connectivity index (χ1n) is 6.58. The largest absolute Gasteiger partial charge is 0.313 e. The van der Waals surface area contributed by atoms with Gasteiger partial charge in [-0.3, -0.25) is 0 Å². The van der Waals surface area contributed by atoms with Crippen molar-refractivity contribution in [2.75, 3.05) is 13.1 Å². The van der Waals surface area contributed by atoms with E-state index in [2.05, 4.69) is 63.4 Å². The van der Waals surface area contributed by atoms with E-state index in [1.807, 2.05) is 0 Å². The number of hydrogen-bond acceptors (Lipinski definition) is 1. The number of rotatable bonds is 6. The molecule has 1 heteroatoms. The highest BCUT2D eigenvalue weighted by Gasteiger charge is 1.97. The lowest BCUT2D eigenvalue weighted by atomic mass is 10.0. The molecular weight excluding hydrogens is 206 g/mol. The Morgan fingerprint density at radius 1 is 1.24 bits per heavy atom. The van der Waals surface area contributed by atoms with E-state index in [4.69, 9.17) is 0 Å². The van der Waals surface area contributed by atoms with Crippen LogP contribution in [0, 0.1) is 5.92 Å². The van der Waals surface area contributed by atoms with E-state index in [0.717, 1.165) is 19.0 Å². The van der Waals surface area contributed by atoms with Crippen LogP contribution in [-0.4, -0.2) is 13.1 Å². The van der Waals surface area contributed by atoms with Crippen LogP contribution in [0.3, 0.4) is 0 Å². The molecule has 0 bridgehead atoms. The quantitative estimate of drug-likeness (QED) is 0.783. The SMILES string of the molecule is CCNCC(C)=Cc1ccc(CC(C)C)cc1. The molecule has 1 nitrogen and oxygen atoms in total. The van der Waals surface area contributed by atoms with Gasteiger partial charge in [-0.1, -0.05) is 56.7 Å². The van der Waals surface area contributed by atoms with Crippen molar-refractivity contribution in [1.29, 1.82) is 0 Å². The first-order chi connectivity index (χ1) is 8.11. The van der Waals surface area contributed by atoms with Gasteiger partial charge in [0.25, 0.3) is 0 Å². The van der Waals surface area contributed by atoms with Crippen molar-refractivity contribution in [2.24, 2.45) is 5.92 Å². The normalized spacial score (nSPS) is 12.2.